The van der Waals surface area contributed by atoms with Crippen LogP contribution in [0.1, 0.15) is 129 Å². The fourth-order valence-corrected chi connectivity index (χ4v) is 4.76. The van der Waals surface area contributed by atoms with Crippen molar-refractivity contribution in [2.75, 3.05) is 0 Å². The van der Waals surface area contributed by atoms with Gasteiger partial charge in [0.25, 0.3) is 5.82 Å². The first-order valence-corrected chi connectivity index (χ1v) is 14.0. The van der Waals surface area contributed by atoms with Crippen molar-refractivity contribution in [2.45, 2.75) is 136 Å². The van der Waals surface area contributed by atoms with Gasteiger partial charge in [-0.1, -0.05) is 122 Å². The number of imidazole rings is 1. The first-order valence-electron chi connectivity index (χ1n) is 14.0. The number of para-hydroxylation sites is 1. The third-order valence-electron chi connectivity index (χ3n) is 6.80. The molecule has 0 N–H and O–H groups in total. The minimum Gasteiger partial charge on any atom is -0.234 e. The molecule has 0 saturated heterocycles. The van der Waals surface area contributed by atoms with Crippen molar-refractivity contribution in [3.63, 3.8) is 0 Å². The van der Waals surface area contributed by atoms with E-state index in [1.165, 1.54) is 134 Å². The molecule has 32 heavy (non-hydrogen) atoms. The van der Waals surface area contributed by atoms with E-state index in [1.54, 1.807) is 0 Å². The summed E-state index contributed by atoms with van der Waals surface area (Å²) >= 11 is 0. The second-order valence-corrected chi connectivity index (χ2v) is 9.67. The Morgan fingerprint density at radius 2 is 1.09 bits per heavy atom. The second kappa shape index (κ2) is 17.9. The van der Waals surface area contributed by atoms with Crippen molar-refractivity contribution >= 4 is 0 Å². The summed E-state index contributed by atoms with van der Waals surface area (Å²) in [7, 11) is 0. The molecule has 0 aliphatic carbocycles. The van der Waals surface area contributed by atoms with Crippen LogP contribution in [-0.4, -0.2) is 4.57 Å². The molecule has 0 fully saturated rings. The molecule has 180 valence electrons. The van der Waals surface area contributed by atoms with Crippen LogP contribution in [0, 0.1) is 0 Å². The van der Waals surface area contributed by atoms with Gasteiger partial charge < -0.3 is 0 Å². The van der Waals surface area contributed by atoms with Crippen LogP contribution in [0.15, 0.2) is 42.7 Å². The summed E-state index contributed by atoms with van der Waals surface area (Å²) in [6, 6.07) is 10.9. The zero-order valence-corrected chi connectivity index (χ0v) is 21.4. The predicted molar refractivity (Wildman–Crippen MR) is 140 cm³/mol. The van der Waals surface area contributed by atoms with Crippen molar-refractivity contribution in [2.24, 2.45) is 0 Å². The SMILES string of the molecule is CCCCCCCCCCCCCc1n(-c2ccccc2)cc[n+]1CCCCCCCC. The molecular weight excluding hydrogens is 388 g/mol. The van der Waals surface area contributed by atoms with Gasteiger partial charge in [0.15, 0.2) is 0 Å². The molecule has 1 heterocycles. The number of aryl methyl sites for hydroxylation is 1. The molecule has 2 nitrogen and oxygen atoms in total. The summed E-state index contributed by atoms with van der Waals surface area (Å²) in [5.74, 6) is 1.49. The van der Waals surface area contributed by atoms with Gasteiger partial charge in [-0.3, -0.25) is 0 Å². The summed E-state index contributed by atoms with van der Waals surface area (Å²) in [6.45, 7) is 5.76. The Labute approximate surface area is 199 Å². The first kappa shape index (κ1) is 26.7. The molecule has 0 amide bonds. The number of benzene rings is 1. The maximum Gasteiger partial charge on any atom is 0.261 e. The van der Waals surface area contributed by atoms with Crippen LogP contribution >= 0.6 is 0 Å². The van der Waals surface area contributed by atoms with Crippen LogP contribution in [0.25, 0.3) is 5.69 Å². The molecule has 0 radical (unpaired) electrons. The zero-order chi connectivity index (χ0) is 22.7. The molecular formula is C30H51N2+. The van der Waals surface area contributed by atoms with Crippen molar-refractivity contribution < 1.29 is 4.57 Å². The van der Waals surface area contributed by atoms with Gasteiger partial charge in [0.05, 0.1) is 6.54 Å². The van der Waals surface area contributed by atoms with Crippen LogP contribution in [0.5, 0.6) is 0 Å². The maximum atomic E-state index is 2.53. The van der Waals surface area contributed by atoms with Gasteiger partial charge >= 0.3 is 0 Å². The standard InChI is InChI=1S/C30H51N2/c1-3-5-7-9-11-12-13-14-15-16-21-25-30-31(26-22-17-10-8-6-4-2)27-28-32(30)29-23-19-18-20-24-29/h18-20,23-24,27-28H,3-17,21-22,25-26H2,1-2H3/q+1. The fraction of sp³-hybridized carbons (Fsp3) is 0.700. The Hall–Kier alpha value is -1.57. The van der Waals surface area contributed by atoms with Crippen molar-refractivity contribution in [3.8, 4) is 5.69 Å². The van der Waals surface area contributed by atoms with Gasteiger partial charge in [0.2, 0.25) is 0 Å². The first-order chi connectivity index (χ1) is 15.9. The lowest BCUT2D eigenvalue weighted by molar-refractivity contribution is -0.704. The minimum atomic E-state index is 1.17. The van der Waals surface area contributed by atoms with E-state index in [0.717, 1.165) is 0 Å². The number of hydrogen-bond donors (Lipinski definition) is 0. The van der Waals surface area contributed by atoms with Crippen molar-refractivity contribution in [3.05, 3.63) is 48.5 Å². The average molecular weight is 440 g/mol. The lowest BCUT2D eigenvalue weighted by Crippen LogP contribution is -2.37. The topological polar surface area (TPSA) is 8.81 Å². The fourth-order valence-electron chi connectivity index (χ4n) is 4.76. The van der Waals surface area contributed by atoms with E-state index in [0.29, 0.717) is 0 Å². The van der Waals surface area contributed by atoms with Gasteiger partial charge in [0.1, 0.15) is 18.1 Å². The van der Waals surface area contributed by atoms with Gasteiger partial charge in [-0.15, -0.1) is 0 Å². The number of nitrogens with zero attached hydrogens (tertiary/aromatic N) is 2. The molecule has 2 heteroatoms. The quantitative estimate of drug-likeness (QED) is 0.144. The highest BCUT2D eigenvalue weighted by atomic mass is 15.1. The number of aromatic nitrogens is 2. The van der Waals surface area contributed by atoms with E-state index in [4.69, 9.17) is 0 Å². The van der Waals surface area contributed by atoms with Crippen LogP contribution in [0.2, 0.25) is 0 Å². The maximum absolute atomic E-state index is 2.53. The highest BCUT2D eigenvalue weighted by Crippen LogP contribution is 2.15. The monoisotopic (exact) mass is 439 g/mol. The highest BCUT2D eigenvalue weighted by molar-refractivity contribution is 5.31. The molecule has 0 atom stereocenters. The van der Waals surface area contributed by atoms with Crippen LogP contribution in [-0.2, 0) is 13.0 Å². The zero-order valence-electron chi connectivity index (χ0n) is 21.4. The largest absolute Gasteiger partial charge is 0.261 e. The Bertz CT molecular complexity index is 673. The number of rotatable bonds is 20. The van der Waals surface area contributed by atoms with Crippen LogP contribution in [0.3, 0.4) is 0 Å². The molecule has 0 bridgehead atoms. The summed E-state index contributed by atoms with van der Waals surface area (Å²) in [5.41, 5.74) is 1.30. The van der Waals surface area contributed by atoms with E-state index in [-0.39, 0.29) is 0 Å². The molecule has 0 unspecified atom stereocenters. The van der Waals surface area contributed by atoms with E-state index in [1.807, 2.05) is 0 Å². The molecule has 0 spiro atoms. The molecule has 2 aromatic rings. The summed E-state index contributed by atoms with van der Waals surface area (Å²) in [6.07, 6.45) is 29.4. The second-order valence-electron chi connectivity index (χ2n) is 9.67. The van der Waals surface area contributed by atoms with Gasteiger partial charge in [0, 0.05) is 6.42 Å². The molecule has 1 aromatic heterocycles. The van der Waals surface area contributed by atoms with E-state index in [9.17, 15) is 0 Å². The van der Waals surface area contributed by atoms with E-state index in [2.05, 4.69) is 65.7 Å². The normalized spacial score (nSPS) is 11.3. The Morgan fingerprint density at radius 3 is 1.66 bits per heavy atom. The van der Waals surface area contributed by atoms with Gasteiger partial charge in [-0.2, -0.15) is 4.57 Å². The Kier molecular flexibility index (Phi) is 14.9. The summed E-state index contributed by atoms with van der Waals surface area (Å²) in [4.78, 5) is 0. The Balaban J connectivity index is 1.74. The van der Waals surface area contributed by atoms with E-state index < -0.39 is 0 Å². The summed E-state index contributed by atoms with van der Waals surface area (Å²) in [5, 5.41) is 0. The van der Waals surface area contributed by atoms with Crippen molar-refractivity contribution in [1.82, 2.24) is 4.57 Å². The highest BCUT2D eigenvalue weighted by Gasteiger charge is 2.18. The molecule has 0 saturated carbocycles. The number of unbranched alkanes of at least 4 members (excludes halogenated alkanes) is 15. The van der Waals surface area contributed by atoms with Gasteiger partial charge in [-0.05, 0) is 31.4 Å². The minimum absolute atomic E-state index is 1.17. The van der Waals surface area contributed by atoms with Crippen LogP contribution in [0.4, 0.5) is 0 Å². The van der Waals surface area contributed by atoms with Crippen LogP contribution < -0.4 is 4.57 Å². The summed E-state index contributed by atoms with van der Waals surface area (Å²) < 4.78 is 4.95. The smallest absolute Gasteiger partial charge is 0.234 e. The van der Waals surface area contributed by atoms with Crippen molar-refractivity contribution in [1.29, 1.82) is 0 Å². The molecule has 1 aromatic carbocycles. The molecule has 0 aliphatic rings. The lowest BCUT2D eigenvalue weighted by atomic mass is 10.1. The number of hydrogen-bond acceptors (Lipinski definition) is 0. The van der Waals surface area contributed by atoms with Gasteiger partial charge in [-0.25, -0.2) is 4.57 Å². The molecule has 2 rings (SSSR count). The third kappa shape index (κ3) is 10.8. The lowest BCUT2D eigenvalue weighted by Gasteiger charge is -2.06. The Morgan fingerprint density at radius 1 is 0.594 bits per heavy atom. The third-order valence-corrected chi connectivity index (χ3v) is 6.80. The molecule has 0 aliphatic heterocycles. The predicted octanol–water partition coefficient (Wildman–Crippen LogP) is 8.98. The average Bonchev–Trinajstić information content (AvgIpc) is 3.23. The van der Waals surface area contributed by atoms with E-state index >= 15 is 0 Å².